The Morgan fingerprint density at radius 1 is 0.623 bits per heavy atom. The van der Waals surface area contributed by atoms with E-state index in [0.29, 0.717) is 17.4 Å². The van der Waals surface area contributed by atoms with Crippen LogP contribution in [0.1, 0.15) is 200 Å². The summed E-state index contributed by atoms with van der Waals surface area (Å²) in [7, 11) is 1.56. The molecule has 3 unspecified atom stereocenters. The number of nitrogens with zero attached hydrogens (tertiary/aromatic N) is 1. The van der Waals surface area contributed by atoms with Crippen molar-refractivity contribution in [2.75, 3.05) is 40.9 Å². The Morgan fingerprint density at radius 3 is 1.51 bits per heavy atom. The van der Waals surface area contributed by atoms with Gasteiger partial charge in [0.05, 0.1) is 39.9 Å². The SMILES string of the molecule is CCCCCCCC/C=C/CC/C=C/C(O)C(COP(=O)(O)OCC[N+](C)(C)C)NC(=O)CCCCCCCCCCCCCCCCCCCCC. The first-order valence-electron chi connectivity index (χ1n) is 22.2. The molecule has 0 aromatic heterocycles. The third-order valence-electron chi connectivity index (χ3n) is 9.92. The number of carbonyl (C=O) groups excluding carboxylic acids is 1. The molecule has 0 aliphatic rings. The van der Waals surface area contributed by atoms with Crippen molar-refractivity contribution in [2.45, 2.75) is 212 Å². The maximum Gasteiger partial charge on any atom is 0.472 e. The van der Waals surface area contributed by atoms with Crippen LogP contribution >= 0.6 is 7.82 Å². The number of unbranched alkanes of at least 4 members (excludes halogenated alkanes) is 25. The number of phosphoric ester groups is 1. The molecule has 0 aromatic carbocycles. The molecule has 0 saturated heterocycles. The summed E-state index contributed by atoms with van der Waals surface area (Å²) in [4.78, 5) is 23.1. The van der Waals surface area contributed by atoms with Crippen LogP contribution in [0.5, 0.6) is 0 Å². The summed E-state index contributed by atoms with van der Waals surface area (Å²) < 4.78 is 23.5. The van der Waals surface area contributed by atoms with Gasteiger partial charge in [-0.2, -0.15) is 0 Å². The van der Waals surface area contributed by atoms with Crippen molar-refractivity contribution in [1.29, 1.82) is 0 Å². The molecule has 0 aliphatic heterocycles. The van der Waals surface area contributed by atoms with E-state index in [0.717, 1.165) is 38.5 Å². The number of allylic oxidation sites excluding steroid dienone is 3. The van der Waals surface area contributed by atoms with Crippen molar-refractivity contribution < 1.29 is 32.9 Å². The standard InChI is InChI=1S/C44H87N2O6P/c1-6-8-10-12-14-16-18-20-21-22-23-24-25-26-28-30-32-34-36-38-44(48)45-42(41-52-53(49,50)51-40-39-46(3,4)5)43(47)37-35-33-31-29-27-19-17-15-13-11-9-7-2/h27,29,35,37,42-43,47H,6-26,28,30-34,36,38-41H2,1-5H3,(H-,45,48,49,50)/p+1/b29-27+,37-35+. The minimum Gasteiger partial charge on any atom is -0.387 e. The fourth-order valence-corrected chi connectivity index (χ4v) is 7.09. The molecule has 0 heterocycles. The van der Waals surface area contributed by atoms with Gasteiger partial charge in [0.25, 0.3) is 0 Å². The van der Waals surface area contributed by atoms with E-state index in [1.807, 2.05) is 27.2 Å². The van der Waals surface area contributed by atoms with Crippen molar-refractivity contribution in [1.82, 2.24) is 5.32 Å². The minimum atomic E-state index is -4.34. The number of rotatable bonds is 40. The summed E-state index contributed by atoms with van der Waals surface area (Å²) in [6.45, 7) is 4.78. The van der Waals surface area contributed by atoms with E-state index in [-0.39, 0.29) is 19.1 Å². The van der Waals surface area contributed by atoms with Crippen LogP contribution in [-0.2, 0) is 18.4 Å². The Bertz CT molecular complexity index is 922. The molecule has 9 heteroatoms. The molecule has 0 radical (unpaired) electrons. The van der Waals surface area contributed by atoms with Crippen LogP contribution in [0.25, 0.3) is 0 Å². The van der Waals surface area contributed by atoms with Gasteiger partial charge in [0.2, 0.25) is 5.91 Å². The second-order valence-corrected chi connectivity index (χ2v) is 17.9. The van der Waals surface area contributed by atoms with Crippen molar-refractivity contribution in [3.8, 4) is 0 Å². The van der Waals surface area contributed by atoms with Crippen LogP contribution in [0, 0.1) is 0 Å². The van der Waals surface area contributed by atoms with E-state index in [4.69, 9.17) is 9.05 Å². The van der Waals surface area contributed by atoms with Crippen LogP contribution in [0.15, 0.2) is 24.3 Å². The first kappa shape index (κ1) is 52.0. The predicted molar refractivity (Wildman–Crippen MR) is 226 cm³/mol. The van der Waals surface area contributed by atoms with E-state index in [9.17, 15) is 19.4 Å². The lowest BCUT2D eigenvalue weighted by Gasteiger charge is -2.25. The van der Waals surface area contributed by atoms with Crippen LogP contribution < -0.4 is 5.32 Å². The van der Waals surface area contributed by atoms with Crippen molar-refractivity contribution in [2.24, 2.45) is 0 Å². The van der Waals surface area contributed by atoms with Crippen LogP contribution in [0.2, 0.25) is 0 Å². The summed E-state index contributed by atoms with van der Waals surface area (Å²) in [6, 6.07) is -0.857. The van der Waals surface area contributed by atoms with Gasteiger partial charge in [-0.1, -0.05) is 186 Å². The van der Waals surface area contributed by atoms with Gasteiger partial charge in [0.1, 0.15) is 13.2 Å². The number of hydrogen-bond acceptors (Lipinski definition) is 5. The zero-order chi connectivity index (χ0) is 39.3. The van der Waals surface area contributed by atoms with Gasteiger partial charge in [-0.15, -0.1) is 0 Å². The van der Waals surface area contributed by atoms with E-state index in [2.05, 4.69) is 31.3 Å². The molecule has 0 bridgehead atoms. The molecule has 3 atom stereocenters. The number of aliphatic hydroxyl groups is 1. The molecule has 0 aliphatic carbocycles. The summed E-state index contributed by atoms with van der Waals surface area (Å²) in [5.74, 6) is -0.186. The van der Waals surface area contributed by atoms with E-state index < -0.39 is 20.0 Å². The highest BCUT2D eigenvalue weighted by molar-refractivity contribution is 7.47. The average Bonchev–Trinajstić information content (AvgIpc) is 3.10. The lowest BCUT2D eigenvalue weighted by Crippen LogP contribution is -2.45. The number of carbonyl (C=O) groups is 1. The van der Waals surface area contributed by atoms with Gasteiger partial charge in [-0.25, -0.2) is 4.57 Å². The molecular formula is C44H88N2O6P+. The maximum absolute atomic E-state index is 12.8. The van der Waals surface area contributed by atoms with Crippen molar-refractivity contribution in [3.63, 3.8) is 0 Å². The third-order valence-corrected chi connectivity index (χ3v) is 10.9. The van der Waals surface area contributed by atoms with Gasteiger partial charge < -0.3 is 19.8 Å². The van der Waals surface area contributed by atoms with Crippen molar-refractivity contribution >= 4 is 13.7 Å². The summed E-state index contributed by atoms with van der Waals surface area (Å²) in [5, 5.41) is 13.8. The largest absolute Gasteiger partial charge is 0.472 e. The first-order chi connectivity index (χ1) is 25.5. The molecule has 1 amide bonds. The number of aliphatic hydroxyl groups excluding tert-OH is 1. The first-order valence-corrected chi connectivity index (χ1v) is 23.7. The fraction of sp³-hybridized carbons (Fsp3) is 0.886. The minimum absolute atomic E-state index is 0.0581. The second kappa shape index (κ2) is 36.6. The van der Waals surface area contributed by atoms with Gasteiger partial charge in [-0.05, 0) is 32.1 Å². The molecule has 8 nitrogen and oxygen atoms in total. The van der Waals surface area contributed by atoms with Crippen LogP contribution in [-0.4, -0.2) is 73.4 Å². The van der Waals surface area contributed by atoms with Gasteiger partial charge >= 0.3 is 7.82 Å². The smallest absolute Gasteiger partial charge is 0.387 e. The van der Waals surface area contributed by atoms with E-state index in [1.54, 1.807) is 6.08 Å². The van der Waals surface area contributed by atoms with Gasteiger partial charge in [-0.3, -0.25) is 13.8 Å². The molecule has 314 valence electrons. The summed E-state index contributed by atoms with van der Waals surface area (Å²) >= 11 is 0. The third kappa shape index (κ3) is 39.0. The van der Waals surface area contributed by atoms with Crippen molar-refractivity contribution in [3.05, 3.63) is 24.3 Å². The lowest BCUT2D eigenvalue weighted by molar-refractivity contribution is -0.870. The molecule has 0 saturated carbocycles. The van der Waals surface area contributed by atoms with Gasteiger partial charge in [0.15, 0.2) is 0 Å². The molecule has 3 N–H and O–H groups in total. The number of likely N-dealkylation sites (N-methyl/N-ethyl adjacent to an activating group) is 1. The van der Waals surface area contributed by atoms with Crippen LogP contribution in [0.3, 0.4) is 0 Å². The summed E-state index contributed by atoms with van der Waals surface area (Å²) in [6.07, 6.45) is 42.5. The number of hydrogen-bond donors (Lipinski definition) is 3. The maximum atomic E-state index is 12.8. The fourth-order valence-electron chi connectivity index (χ4n) is 6.35. The highest BCUT2D eigenvalue weighted by atomic mass is 31.2. The number of phosphoric acid groups is 1. The highest BCUT2D eigenvalue weighted by Crippen LogP contribution is 2.43. The zero-order valence-corrected chi connectivity index (χ0v) is 36.4. The molecule has 0 rings (SSSR count). The number of nitrogens with one attached hydrogen (secondary N) is 1. The van der Waals surface area contributed by atoms with E-state index in [1.165, 1.54) is 141 Å². The predicted octanol–water partition coefficient (Wildman–Crippen LogP) is 12.1. The highest BCUT2D eigenvalue weighted by Gasteiger charge is 2.27. The Hall–Kier alpha value is -1.02. The monoisotopic (exact) mass is 772 g/mol. The summed E-state index contributed by atoms with van der Waals surface area (Å²) in [5.41, 5.74) is 0. The Balaban J connectivity index is 4.37. The molecule has 0 fully saturated rings. The zero-order valence-electron chi connectivity index (χ0n) is 35.5. The molecule has 53 heavy (non-hydrogen) atoms. The Morgan fingerprint density at radius 2 is 1.04 bits per heavy atom. The molecular weight excluding hydrogens is 683 g/mol. The molecule has 0 spiro atoms. The second-order valence-electron chi connectivity index (χ2n) is 16.4. The number of amides is 1. The normalized spacial score (nSPS) is 14.6. The Labute approximate surface area is 328 Å². The lowest BCUT2D eigenvalue weighted by atomic mass is 10.0. The molecule has 0 aromatic rings. The topological polar surface area (TPSA) is 105 Å². The Kier molecular flexibility index (Phi) is 35.9. The quantitative estimate of drug-likeness (QED) is 0.0248. The average molecular weight is 772 g/mol. The van der Waals surface area contributed by atoms with E-state index >= 15 is 0 Å². The van der Waals surface area contributed by atoms with Gasteiger partial charge in [0, 0.05) is 6.42 Å². The number of quaternary nitrogens is 1. The van der Waals surface area contributed by atoms with Crippen LogP contribution in [0.4, 0.5) is 0 Å².